The fourth-order valence-electron chi connectivity index (χ4n) is 4.36. The lowest BCUT2D eigenvalue weighted by atomic mass is 10.2. The monoisotopic (exact) mass is 488 g/mol. The summed E-state index contributed by atoms with van der Waals surface area (Å²) in [5, 5.41) is 0. The second kappa shape index (κ2) is 11.0. The molecule has 0 saturated heterocycles. The quantitative estimate of drug-likeness (QED) is 0.133. The van der Waals surface area contributed by atoms with E-state index in [1.807, 2.05) is 44.2 Å². The summed E-state index contributed by atoms with van der Waals surface area (Å²) in [6.07, 6.45) is 0. The minimum absolute atomic E-state index is 0.102. The van der Waals surface area contributed by atoms with Crippen molar-refractivity contribution in [2.24, 2.45) is 0 Å². The third-order valence-electron chi connectivity index (χ3n) is 7.20. The van der Waals surface area contributed by atoms with Gasteiger partial charge in [-0.25, -0.2) is 13.2 Å². The van der Waals surface area contributed by atoms with Crippen molar-refractivity contribution < 1.29 is 26.4 Å². The van der Waals surface area contributed by atoms with E-state index >= 15 is 0 Å². The molecule has 2 aromatic rings. The van der Waals surface area contributed by atoms with E-state index in [1.54, 1.807) is 0 Å². The SMILES string of the molecule is CC[Si](CC)(CC)CC[Si](Cc1ccccc1)(Oc1c(F)c(F)c(F)c(F)c1F)C(C)C. The molecule has 0 bridgehead atoms. The zero-order chi connectivity index (χ0) is 24.1. The third kappa shape index (κ3) is 5.44. The molecule has 1 unspecified atom stereocenters. The molecule has 0 aromatic heterocycles. The minimum Gasteiger partial charge on any atom is -0.539 e. The molecule has 2 aromatic carbocycles. The van der Waals surface area contributed by atoms with Gasteiger partial charge in [0.15, 0.2) is 5.75 Å². The highest BCUT2D eigenvalue weighted by molar-refractivity contribution is 6.83. The first kappa shape index (κ1) is 26.6. The van der Waals surface area contributed by atoms with Crippen molar-refractivity contribution in [3.8, 4) is 5.75 Å². The predicted octanol–water partition coefficient (Wildman–Crippen LogP) is 8.41. The summed E-state index contributed by atoms with van der Waals surface area (Å²) in [5.41, 5.74) is 0.837. The van der Waals surface area contributed by atoms with Gasteiger partial charge < -0.3 is 4.43 Å². The van der Waals surface area contributed by atoms with Crippen LogP contribution in [0, 0.1) is 29.1 Å². The number of benzene rings is 2. The van der Waals surface area contributed by atoms with Gasteiger partial charge in [-0.2, -0.15) is 8.78 Å². The van der Waals surface area contributed by atoms with Crippen LogP contribution in [0.15, 0.2) is 30.3 Å². The number of rotatable bonds is 11. The lowest BCUT2D eigenvalue weighted by Crippen LogP contribution is -2.50. The molecule has 178 valence electrons. The molecule has 8 heteroatoms. The van der Waals surface area contributed by atoms with Gasteiger partial charge in [-0.1, -0.05) is 89.1 Å². The Bertz CT molecular complexity index is 866. The molecule has 0 fully saturated rings. The molecule has 0 saturated carbocycles. The molecular formula is C24H33F5OSi2. The van der Waals surface area contributed by atoms with E-state index in [0.29, 0.717) is 12.1 Å². The molecule has 0 amide bonds. The summed E-state index contributed by atoms with van der Waals surface area (Å²) < 4.78 is 76.7. The fourth-order valence-corrected chi connectivity index (χ4v) is 13.8. The highest BCUT2D eigenvalue weighted by Crippen LogP contribution is 2.40. The van der Waals surface area contributed by atoms with Crippen molar-refractivity contribution in [3.63, 3.8) is 0 Å². The van der Waals surface area contributed by atoms with Gasteiger partial charge in [0.2, 0.25) is 29.1 Å². The molecule has 1 nitrogen and oxygen atoms in total. The molecule has 0 aliphatic rings. The van der Waals surface area contributed by atoms with Crippen LogP contribution in [-0.4, -0.2) is 16.4 Å². The maximum atomic E-state index is 14.6. The molecule has 0 radical (unpaired) electrons. The van der Waals surface area contributed by atoms with Gasteiger partial charge in [0, 0.05) is 6.04 Å². The normalized spacial score (nSPS) is 14.0. The first-order valence-corrected chi connectivity index (χ1v) is 16.5. The van der Waals surface area contributed by atoms with E-state index in [-0.39, 0.29) is 5.54 Å². The lowest BCUT2D eigenvalue weighted by molar-refractivity contribution is 0.341. The van der Waals surface area contributed by atoms with Crippen LogP contribution in [0.5, 0.6) is 5.75 Å². The first-order valence-electron chi connectivity index (χ1n) is 11.3. The largest absolute Gasteiger partial charge is 0.539 e. The maximum Gasteiger partial charge on any atom is 0.258 e. The molecule has 2 rings (SSSR count). The number of hydrogen-bond acceptors (Lipinski definition) is 1. The van der Waals surface area contributed by atoms with E-state index in [0.717, 1.165) is 29.7 Å². The molecule has 0 spiro atoms. The minimum atomic E-state index is -3.04. The van der Waals surface area contributed by atoms with Crippen LogP contribution >= 0.6 is 0 Å². The van der Waals surface area contributed by atoms with Crippen LogP contribution in [0.3, 0.4) is 0 Å². The van der Waals surface area contributed by atoms with Gasteiger partial charge in [-0.05, 0) is 17.1 Å². The second-order valence-electron chi connectivity index (χ2n) is 8.94. The van der Waals surface area contributed by atoms with E-state index in [4.69, 9.17) is 4.43 Å². The lowest BCUT2D eigenvalue weighted by Gasteiger charge is -2.39. The number of halogens is 5. The van der Waals surface area contributed by atoms with Crippen LogP contribution in [0.1, 0.15) is 40.2 Å². The van der Waals surface area contributed by atoms with E-state index < -0.39 is 51.2 Å². The Kier molecular flexibility index (Phi) is 9.10. The summed E-state index contributed by atoms with van der Waals surface area (Å²) >= 11 is 0. The summed E-state index contributed by atoms with van der Waals surface area (Å²) in [6, 6.07) is 14.6. The number of hydrogen-bond donors (Lipinski definition) is 0. The van der Waals surface area contributed by atoms with Crippen molar-refractivity contribution in [2.75, 3.05) is 0 Å². The Hall–Kier alpha value is -1.68. The van der Waals surface area contributed by atoms with Crippen molar-refractivity contribution in [3.05, 3.63) is 65.0 Å². The predicted molar refractivity (Wildman–Crippen MR) is 125 cm³/mol. The average molecular weight is 489 g/mol. The van der Waals surface area contributed by atoms with E-state index in [2.05, 4.69) is 20.8 Å². The average Bonchev–Trinajstić information content (AvgIpc) is 2.80. The summed E-state index contributed by atoms with van der Waals surface area (Å²) in [4.78, 5) is 0. The highest BCUT2D eigenvalue weighted by Gasteiger charge is 2.45. The Morgan fingerprint density at radius 3 is 1.62 bits per heavy atom. The zero-order valence-corrected chi connectivity index (χ0v) is 21.5. The van der Waals surface area contributed by atoms with E-state index in [9.17, 15) is 22.0 Å². The topological polar surface area (TPSA) is 9.23 Å². The van der Waals surface area contributed by atoms with Gasteiger partial charge in [0.05, 0.1) is 8.07 Å². The summed E-state index contributed by atoms with van der Waals surface area (Å²) in [5.74, 6) is -11.0. The molecular weight excluding hydrogens is 455 g/mol. The fraction of sp³-hybridized carbons (Fsp3) is 0.500. The van der Waals surface area contributed by atoms with Gasteiger partial charge in [0.1, 0.15) is 0 Å². The Morgan fingerprint density at radius 2 is 1.19 bits per heavy atom. The van der Waals surface area contributed by atoms with Crippen LogP contribution < -0.4 is 4.43 Å². The van der Waals surface area contributed by atoms with Crippen LogP contribution in [-0.2, 0) is 6.04 Å². The molecule has 1 atom stereocenters. The van der Waals surface area contributed by atoms with Gasteiger partial charge in [-0.3, -0.25) is 0 Å². The first-order chi connectivity index (χ1) is 15.1. The zero-order valence-electron chi connectivity index (χ0n) is 19.5. The standard InChI is InChI=1S/C24H33F5OSi2/c1-6-31(7-2,8-3)14-15-32(17(4)5,16-18-12-10-9-11-13-18)30-24-22(28)20(26)19(25)21(27)23(24)29/h9-13,17H,6-8,14-16H2,1-5H3. The van der Waals surface area contributed by atoms with Gasteiger partial charge in [0.25, 0.3) is 8.32 Å². The smallest absolute Gasteiger partial charge is 0.258 e. The molecule has 0 N–H and O–H groups in total. The summed E-state index contributed by atoms with van der Waals surface area (Å²) in [6.45, 7) is 10.4. The van der Waals surface area contributed by atoms with Crippen molar-refractivity contribution >= 4 is 16.4 Å². The maximum absolute atomic E-state index is 14.6. The van der Waals surface area contributed by atoms with Crippen molar-refractivity contribution in [1.29, 1.82) is 0 Å². The summed E-state index contributed by atoms with van der Waals surface area (Å²) in [7, 11) is -4.65. The Labute approximate surface area is 190 Å². The van der Waals surface area contributed by atoms with Crippen LogP contribution in [0.4, 0.5) is 22.0 Å². The Morgan fingerprint density at radius 1 is 0.719 bits per heavy atom. The molecule has 32 heavy (non-hydrogen) atoms. The molecule has 0 aliphatic heterocycles. The second-order valence-corrected chi connectivity index (χ2v) is 18.9. The Balaban J connectivity index is 2.59. The third-order valence-corrected chi connectivity index (χ3v) is 18.3. The van der Waals surface area contributed by atoms with Gasteiger partial charge in [-0.15, -0.1) is 0 Å². The highest BCUT2D eigenvalue weighted by atomic mass is 28.4. The van der Waals surface area contributed by atoms with Gasteiger partial charge >= 0.3 is 0 Å². The molecule has 0 aliphatic carbocycles. The van der Waals surface area contributed by atoms with Crippen molar-refractivity contribution in [2.45, 2.75) is 76.4 Å². The van der Waals surface area contributed by atoms with Crippen LogP contribution in [0.2, 0.25) is 35.8 Å². The van der Waals surface area contributed by atoms with Crippen molar-refractivity contribution in [1.82, 2.24) is 0 Å². The van der Waals surface area contributed by atoms with E-state index in [1.165, 1.54) is 0 Å². The van der Waals surface area contributed by atoms with Crippen LogP contribution in [0.25, 0.3) is 0 Å². The molecule has 0 heterocycles.